The lowest BCUT2D eigenvalue weighted by Crippen LogP contribution is -2.27. The topological polar surface area (TPSA) is 9.23 Å². The Balaban J connectivity index is 1.86. The molecule has 0 aromatic carbocycles. The van der Waals surface area contributed by atoms with Crippen LogP contribution in [0.3, 0.4) is 0 Å². The van der Waals surface area contributed by atoms with Gasteiger partial charge in [-0.2, -0.15) is 0 Å². The summed E-state index contributed by atoms with van der Waals surface area (Å²) in [6, 6.07) is 0. The third-order valence-corrected chi connectivity index (χ3v) is 6.83. The summed E-state index contributed by atoms with van der Waals surface area (Å²) in [6.07, 6.45) is 3.56. The Hall–Kier alpha value is 0.540. The fraction of sp³-hybridized carbons (Fsp3) is 1.00. The van der Waals surface area contributed by atoms with Gasteiger partial charge in [-0.15, -0.1) is 0 Å². The molecule has 2 bridgehead atoms. The van der Waals surface area contributed by atoms with E-state index in [4.69, 9.17) is 27.9 Å². The third kappa shape index (κ3) is 0.522. The molecule has 4 saturated carbocycles. The third-order valence-electron chi connectivity index (χ3n) is 5.87. The van der Waals surface area contributed by atoms with Gasteiger partial charge in [-0.05, 0) is 42.9 Å². The first-order chi connectivity index (χ1) is 6.62. The lowest BCUT2D eigenvalue weighted by atomic mass is 9.80. The molecule has 1 saturated heterocycles. The van der Waals surface area contributed by atoms with Gasteiger partial charge in [0, 0.05) is 11.8 Å². The van der Waals surface area contributed by atoms with Crippen molar-refractivity contribution in [2.75, 3.05) is 0 Å². The average Bonchev–Trinajstić information content (AvgIpc) is 2.69. The molecule has 0 radical (unpaired) electrons. The van der Waals surface area contributed by atoms with Gasteiger partial charge in [0.1, 0.15) is 10.1 Å². The molecule has 0 amide bonds. The lowest BCUT2D eigenvalue weighted by Gasteiger charge is -2.24. The van der Waals surface area contributed by atoms with Crippen molar-refractivity contribution in [3.8, 4) is 0 Å². The summed E-state index contributed by atoms with van der Waals surface area (Å²) in [6.45, 7) is 0. The molecule has 5 fully saturated rings. The van der Waals surface area contributed by atoms with Crippen LogP contribution in [-0.4, -0.2) is 10.1 Å². The number of ether oxygens (including phenoxy) is 1. The Labute approximate surface area is 93.1 Å². The molecular formula is C11H12Cl2O. The zero-order valence-electron chi connectivity index (χ0n) is 7.75. The Morgan fingerprint density at radius 2 is 1.36 bits per heavy atom. The Morgan fingerprint density at radius 3 is 1.86 bits per heavy atom. The molecule has 1 nitrogen and oxygen atoms in total. The van der Waals surface area contributed by atoms with Crippen LogP contribution in [0.15, 0.2) is 0 Å². The van der Waals surface area contributed by atoms with Gasteiger partial charge >= 0.3 is 0 Å². The molecule has 8 atom stereocenters. The Kier molecular flexibility index (Phi) is 0.989. The maximum Gasteiger partial charge on any atom is 0.147 e. The van der Waals surface area contributed by atoms with E-state index in [9.17, 15) is 0 Å². The highest BCUT2D eigenvalue weighted by Crippen LogP contribution is 2.82. The quantitative estimate of drug-likeness (QED) is 0.582. The molecule has 0 aromatic heterocycles. The van der Waals surface area contributed by atoms with Crippen LogP contribution in [-0.2, 0) is 4.74 Å². The summed E-state index contributed by atoms with van der Waals surface area (Å²) in [5.41, 5.74) is 0. The van der Waals surface area contributed by atoms with Gasteiger partial charge in [0.05, 0.1) is 0 Å². The number of rotatable bonds is 0. The number of hydrogen-bond acceptors (Lipinski definition) is 1. The largest absolute Gasteiger partial charge is 0.337 e. The van der Waals surface area contributed by atoms with Crippen molar-refractivity contribution in [1.29, 1.82) is 0 Å². The summed E-state index contributed by atoms with van der Waals surface area (Å²) >= 11 is 13.2. The molecule has 5 rings (SSSR count). The van der Waals surface area contributed by atoms with Crippen molar-refractivity contribution >= 4 is 23.2 Å². The second-order valence-corrected chi connectivity index (χ2v) is 7.30. The first-order valence-electron chi connectivity index (χ1n) is 5.70. The van der Waals surface area contributed by atoms with E-state index in [0.717, 1.165) is 36.5 Å². The predicted molar refractivity (Wildman–Crippen MR) is 53.0 cm³/mol. The molecule has 5 aliphatic rings. The number of halogens is 2. The summed E-state index contributed by atoms with van der Waals surface area (Å²) in [4.78, 5) is 0. The highest BCUT2D eigenvalue weighted by Gasteiger charge is 2.82. The van der Waals surface area contributed by atoms with E-state index in [2.05, 4.69) is 0 Å². The summed E-state index contributed by atoms with van der Waals surface area (Å²) in [5.74, 6) is 4.60. The molecule has 14 heavy (non-hydrogen) atoms. The van der Waals surface area contributed by atoms with Crippen LogP contribution < -0.4 is 0 Å². The molecule has 0 aromatic rings. The van der Waals surface area contributed by atoms with Gasteiger partial charge in [-0.25, -0.2) is 0 Å². The van der Waals surface area contributed by atoms with Crippen LogP contribution in [0.2, 0.25) is 0 Å². The Morgan fingerprint density at radius 1 is 0.857 bits per heavy atom. The Bertz CT molecular complexity index is 323. The summed E-state index contributed by atoms with van der Waals surface area (Å²) in [5, 5.41) is -0.719. The zero-order chi connectivity index (χ0) is 9.29. The zero-order valence-corrected chi connectivity index (χ0v) is 9.26. The second kappa shape index (κ2) is 1.78. The molecule has 1 heterocycles. The van der Waals surface area contributed by atoms with E-state index in [1.165, 1.54) is 6.42 Å². The van der Waals surface area contributed by atoms with Crippen LogP contribution in [0, 0.1) is 35.5 Å². The van der Waals surface area contributed by atoms with Gasteiger partial charge in [-0.3, -0.25) is 0 Å². The normalized spacial score (nSPS) is 81.0. The van der Waals surface area contributed by atoms with Crippen molar-refractivity contribution in [2.45, 2.75) is 29.4 Å². The molecular weight excluding hydrogens is 219 g/mol. The van der Waals surface area contributed by atoms with Gasteiger partial charge in [0.2, 0.25) is 0 Å². The van der Waals surface area contributed by atoms with E-state index < -0.39 is 0 Å². The predicted octanol–water partition coefficient (Wildman–Crippen LogP) is 2.81. The van der Waals surface area contributed by atoms with Crippen molar-refractivity contribution < 1.29 is 4.74 Å². The molecule has 0 unspecified atom stereocenters. The molecule has 1 aliphatic heterocycles. The van der Waals surface area contributed by atoms with Crippen LogP contribution >= 0.6 is 23.2 Å². The van der Waals surface area contributed by atoms with E-state index >= 15 is 0 Å². The minimum absolute atomic E-state index is 0.359. The van der Waals surface area contributed by atoms with Crippen LogP contribution in [0.4, 0.5) is 0 Å². The van der Waals surface area contributed by atoms with E-state index in [-0.39, 0.29) is 10.1 Å². The molecule has 3 heteroatoms. The lowest BCUT2D eigenvalue weighted by molar-refractivity contribution is -0.0159. The van der Waals surface area contributed by atoms with Gasteiger partial charge < -0.3 is 4.74 Å². The van der Waals surface area contributed by atoms with Gasteiger partial charge in [0.15, 0.2) is 0 Å². The minimum Gasteiger partial charge on any atom is -0.337 e. The standard InChI is InChI=1S/C11H12Cl2O/c12-10-2-6-4-1-5-7(6)3-11(13,14-10)9(5)8(4)10/h4-9H,1-3H2/t4-,5+,6+,7-,8+,9-,10-,11-/m1/s1. The molecule has 0 spiro atoms. The fourth-order valence-electron chi connectivity index (χ4n) is 5.85. The van der Waals surface area contributed by atoms with E-state index in [0.29, 0.717) is 11.8 Å². The van der Waals surface area contributed by atoms with Crippen molar-refractivity contribution in [3.63, 3.8) is 0 Å². The summed E-state index contributed by atoms with van der Waals surface area (Å²) in [7, 11) is 0. The maximum atomic E-state index is 6.62. The highest BCUT2D eigenvalue weighted by molar-refractivity contribution is 6.27. The molecule has 4 aliphatic carbocycles. The van der Waals surface area contributed by atoms with Gasteiger partial charge in [-0.1, -0.05) is 23.2 Å². The van der Waals surface area contributed by atoms with Crippen LogP contribution in [0.1, 0.15) is 19.3 Å². The first-order valence-corrected chi connectivity index (χ1v) is 6.46. The smallest absolute Gasteiger partial charge is 0.147 e. The van der Waals surface area contributed by atoms with Crippen molar-refractivity contribution in [3.05, 3.63) is 0 Å². The molecule has 0 N–H and O–H groups in total. The van der Waals surface area contributed by atoms with Crippen molar-refractivity contribution in [1.82, 2.24) is 0 Å². The van der Waals surface area contributed by atoms with E-state index in [1.807, 2.05) is 0 Å². The second-order valence-electron chi connectivity index (χ2n) is 6.03. The monoisotopic (exact) mass is 230 g/mol. The number of alkyl halides is 2. The average molecular weight is 231 g/mol. The highest BCUT2D eigenvalue weighted by atomic mass is 35.5. The van der Waals surface area contributed by atoms with Crippen LogP contribution in [0.5, 0.6) is 0 Å². The SMILES string of the molecule is Cl[C@]12C[C@H]3[C@H]4C[C@@](Cl)(O1)[C@H]1[C@@H]4C[C@@H]3[C@H]12. The summed E-state index contributed by atoms with van der Waals surface area (Å²) < 4.78 is 6.04. The first kappa shape index (κ1) is 7.76. The van der Waals surface area contributed by atoms with E-state index in [1.54, 1.807) is 0 Å². The number of hydrogen-bond donors (Lipinski definition) is 0. The molecule has 76 valence electrons. The van der Waals surface area contributed by atoms with Crippen LogP contribution in [0.25, 0.3) is 0 Å². The number of fused-ring (bicyclic) bond motifs is 1. The fourth-order valence-corrected chi connectivity index (χ4v) is 7.12. The maximum absolute atomic E-state index is 6.62. The minimum atomic E-state index is -0.359. The van der Waals surface area contributed by atoms with Crippen molar-refractivity contribution in [2.24, 2.45) is 35.5 Å². The van der Waals surface area contributed by atoms with Gasteiger partial charge in [0.25, 0.3) is 0 Å².